The Bertz CT molecular complexity index is 918. The Balaban J connectivity index is 1.58. The Hall–Kier alpha value is -2.68. The molecule has 4 rings (SSSR count). The average molecular weight is 378 g/mol. The molecule has 0 amide bonds. The Kier molecular flexibility index (Phi) is 4.69. The zero-order chi connectivity index (χ0) is 18.9. The van der Waals surface area contributed by atoms with Crippen LogP contribution in [0.3, 0.4) is 0 Å². The van der Waals surface area contributed by atoms with Crippen LogP contribution in [-0.2, 0) is 11.2 Å². The van der Waals surface area contributed by atoms with Gasteiger partial charge in [0.25, 0.3) is 0 Å². The highest BCUT2D eigenvalue weighted by Crippen LogP contribution is 2.26. The number of benzene rings is 1. The molecule has 27 heavy (non-hydrogen) atoms. The molecule has 0 spiro atoms. The van der Waals surface area contributed by atoms with Crippen LogP contribution in [0.15, 0.2) is 36.7 Å². The van der Waals surface area contributed by atoms with Crippen LogP contribution in [0.25, 0.3) is 16.9 Å². The van der Waals surface area contributed by atoms with Crippen LogP contribution >= 0.6 is 0 Å². The normalized spacial score (nSPS) is 18.0. The Morgan fingerprint density at radius 2 is 1.96 bits per heavy atom. The topological polar surface area (TPSA) is 61.5 Å². The molecule has 6 nitrogen and oxygen atoms in total. The van der Waals surface area contributed by atoms with Gasteiger partial charge in [0, 0.05) is 24.8 Å². The summed E-state index contributed by atoms with van der Waals surface area (Å²) in [4.78, 5) is 4.32. The highest BCUT2D eigenvalue weighted by Gasteiger charge is 2.31. The monoisotopic (exact) mass is 378 g/mol. The van der Waals surface area contributed by atoms with Gasteiger partial charge in [-0.3, -0.25) is 9.38 Å². The lowest BCUT2D eigenvalue weighted by Crippen LogP contribution is -2.22. The molecule has 3 aromatic rings. The second-order valence-electron chi connectivity index (χ2n) is 6.38. The predicted octanol–water partition coefficient (Wildman–Crippen LogP) is 3.80. The van der Waals surface area contributed by atoms with Crippen LogP contribution in [0.2, 0.25) is 0 Å². The lowest BCUT2D eigenvalue weighted by molar-refractivity contribution is -0.274. The predicted molar refractivity (Wildman–Crippen MR) is 90.2 cm³/mol. The standard InChI is InChI=1S/C18H17F3N4O2/c19-18(20,21)27-13-6-4-12(5-7-13)15-11-25-16(23-24-17(25)10-22-15)9-14-3-1-2-8-26-14/h4-7,10-11,14H,1-3,8-9H2/t14-/m0/s1. The van der Waals surface area contributed by atoms with Gasteiger partial charge in [0.1, 0.15) is 11.6 Å². The third kappa shape index (κ3) is 4.19. The lowest BCUT2D eigenvalue weighted by atomic mass is 10.1. The molecule has 1 aliphatic heterocycles. The van der Waals surface area contributed by atoms with Crippen LogP contribution in [0, 0.1) is 0 Å². The van der Waals surface area contributed by atoms with Crippen molar-refractivity contribution in [3.05, 3.63) is 42.5 Å². The minimum Gasteiger partial charge on any atom is -0.406 e. The summed E-state index contributed by atoms with van der Waals surface area (Å²) in [5, 5.41) is 8.35. The van der Waals surface area contributed by atoms with Gasteiger partial charge in [0.05, 0.1) is 18.0 Å². The zero-order valence-electron chi connectivity index (χ0n) is 14.3. The van der Waals surface area contributed by atoms with Crippen LogP contribution in [0.1, 0.15) is 25.1 Å². The molecule has 3 heterocycles. The SMILES string of the molecule is FC(F)(F)Oc1ccc(-c2cn3c(C[C@@H]4CCCCO4)nnc3cn2)cc1. The summed E-state index contributed by atoms with van der Waals surface area (Å²) in [6, 6.07) is 5.59. The number of hydrogen-bond donors (Lipinski definition) is 0. The number of ether oxygens (including phenoxy) is 2. The van der Waals surface area contributed by atoms with E-state index < -0.39 is 6.36 Å². The molecule has 1 aromatic carbocycles. The van der Waals surface area contributed by atoms with E-state index in [2.05, 4.69) is 19.9 Å². The Morgan fingerprint density at radius 1 is 1.15 bits per heavy atom. The van der Waals surface area contributed by atoms with Crippen LogP contribution < -0.4 is 4.74 Å². The summed E-state index contributed by atoms with van der Waals surface area (Å²) in [6.45, 7) is 0.764. The lowest BCUT2D eigenvalue weighted by Gasteiger charge is -2.21. The van der Waals surface area contributed by atoms with Gasteiger partial charge in [0.15, 0.2) is 5.65 Å². The zero-order valence-corrected chi connectivity index (χ0v) is 14.3. The van der Waals surface area contributed by atoms with Crippen molar-refractivity contribution in [1.82, 2.24) is 19.6 Å². The van der Waals surface area contributed by atoms with Crippen molar-refractivity contribution >= 4 is 5.65 Å². The minimum absolute atomic E-state index is 0.126. The van der Waals surface area contributed by atoms with Crippen molar-refractivity contribution in [2.75, 3.05) is 6.61 Å². The van der Waals surface area contributed by atoms with Crippen LogP contribution in [-0.4, -0.2) is 38.7 Å². The fourth-order valence-corrected chi connectivity index (χ4v) is 3.14. The van der Waals surface area contributed by atoms with Gasteiger partial charge >= 0.3 is 6.36 Å². The average Bonchev–Trinajstić information content (AvgIpc) is 3.04. The van der Waals surface area contributed by atoms with E-state index >= 15 is 0 Å². The fourth-order valence-electron chi connectivity index (χ4n) is 3.14. The maximum absolute atomic E-state index is 12.3. The van der Waals surface area contributed by atoms with Crippen molar-refractivity contribution in [1.29, 1.82) is 0 Å². The number of halogens is 3. The molecule has 0 N–H and O–H groups in total. The van der Waals surface area contributed by atoms with Gasteiger partial charge in [-0.05, 0) is 43.5 Å². The number of rotatable bonds is 4. The maximum atomic E-state index is 12.3. The summed E-state index contributed by atoms with van der Waals surface area (Å²) in [5.74, 6) is 0.504. The molecule has 2 aromatic heterocycles. The molecule has 9 heteroatoms. The first kappa shape index (κ1) is 17.7. The first-order chi connectivity index (χ1) is 13.0. The summed E-state index contributed by atoms with van der Waals surface area (Å²) >= 11 is 0. The fraction of sp³-hybridized carbons (Fsp3) is 0.389. The summed E-state index contributed by atoms with van der Waals surface area (Å²) in [5.41, 5.74) is 1.88. The molecule has 1 aliphatic rings. The summed E-state index contributed by atoms with van der Waals surface area (Å²) in [6.07, 6.45) is 2.66. The maximum Gasteiger partial charge on any atom is 0.573 e. The van der Waals surface area contributed by atoms with E-state index in [0.717, 1.165) is 31.7 Å². The highest BCUT2D eigenvalue weighted by molar-refractivity contribution is 5.60. The first-order valence-electron chi connectivity index (χ1n) is 8.65. The van der Waals surface area contributed by atoms with Gasteiger partial charge in [-0.1, -0.05) is 0 Å². The van der Waals surface area contributed by atoms with E-state index in [1.807, 2.05) is 4.40 Å². The molecule has 1 saturated heterocycles. The summed E-state index contributed by atoms with van der Waals surface area (Å²) < 4.78 is 48.3. The van der Waals surface area contributed by atoms with Gasteiger partial charge in [-0.15, -0.1) is 23.4 Å². The minimum atomic E-state index is -4.71. The second-order valence-corrected chi connectivity index (χ2v) is 6.38. The number of fused-ring (bicyclic) bond motifs is 1. The van der Waals surface area contributed by atoms with Gasteiger partial charge < -0.3 is 9.47 Å². The van der Waals surface area contributed by atoms with E-state index in [1.54, 1.807) is 12.4 Å². The van der Waals surface area contributed by atoms with Crippen LogP contribution in [0.4, 0.5) is 13.2 Å². The smallest absolute Gasteiger partial charge is 0.406 e. The molecule has 0 unspecified atom stereocenters. The number of nitrogens with zero attached hydrogens (tertiary/aromatic N) is 4. The molecule has 1 fully saturated rings. The quantitative estimate of drug-likeness (QED) is 0.691. The molecule has 142 valence electrons. The molecular weight excluding hydrogens is 361 g/mol. The molecule has 0 radical (unpaired) electrons. The highest BCUT2D eigenvalue weighted by atomic mass is 19.4. The molecule has 1 atom stereocenters. The second kappa shape index (κ2) is 7.15. The van der Waals surface area contributed by atoms with Gasteiger partial charge in [-0.2, -0.15) is 0 Å². The van der Waals surface area contributed by atoms with Gasteiger partial charge in [0.2, 0.25) is 0 Å². The van der Waals surface area contributed by atoms with Crippen molar-refractivity contribution in [2.24, 2.45) is 0 Å². The largest absolute Gasteiger partial charge is 0.573 e. The summed E-state index contributed by atoms with van der Waals surface area (Å²) in [7, 11) is 0. The van der Waals surface area contributed by atoms with Crippen molar-refractivity contribution in [3.8, 4) is 17.0 Å². The Morgan fingerprint density at radius 3 is 2.67 bits per heavy atom. The van der Waals surface area contributed by atoms with Crippen LogP contribution in [0.5, 0.6) is 5.75 Å². The number of hydrogen-bond acceptors (Lipinski definition) is 5. The third-order valence-corrected chi connectivity index (χ3v) is 4.43. The van der Waals surface area contributed by atoms with Crippen molar-refractivity contribution in [3.63, 3.8) is 0 Å². The number of aromatic nitrogens is 4. The molecule has 0 bridgehead atoms. The third-order valence-electron chi connectivity index (χ3n) is 4.43. The molecular formula is C18H17F3N4O2. The van der Waals surface area contributed by atoms with Gasteiger partial charge in [-0.25, -0.2) is 0 Å². The van der Waals surface area contributed by atoms with E-state index in [-0.39, 0.29) is 11.9 Å². The van der Waals surface area contributed by atoms with E-state index in [0.29, 0.717) is 23.3 Å². The molecule has 0 aliphatic carbocycles. The molecule has 0 saturated carbocycles. The van der Waals surface area contributed by atoms with Crippen molar-refractivity contribution in [2.45, 2.75) is 38.1 Å². The van der Waals surface area contributed by atoms with E-state index in [1.165, 1.54) is 24.3 Å². The van der Waals surface area contributed by atoms with E-state index in [4.69, 9.17) is 4.74 Å². The first-order valence-corrected chi connectivity index (χ1v) is 8.65. The van der Waals surface area contributed by atoms with Crippen molar-refractivity contribution < 1.29 is 22.6 Å². The number of alkyl halides is 3. The Labute approximate surface area is 153 Å². The van der Waals surface area contributed by atoms with E-state index in [9.17, 15) is 13.2 Å².